The molecule has 2 fully saturated rings. The van der Waals surface area contributed by atoms with Crippen LogP contribution in [0.15, 0.2) is 17.1 Å². The Morgan fingerprint density at radius 3 is 3.21 bits per heavy atom. The van der Waals surface area contributed by atoms with Gasteiger partial charge in [0, 0.05) is 49.5 Å². The Balaban J connectivity index is 1.65. The number of nitrogens with zero attached hydrogens (tertiary/aromatic N) is 3. The zero-order chi connectivity index (χ0) is 16.9. The van der Waals surface area contributed by atoms with Gasteiger partial charge in [-0.1, -0.05) is 0 Å². The molecule has 0 saturated carbocycles. The van der Waals surface area contributed by atoms with Crippen molar-refractivity contribution in [1.29, 1.82) is 0 Å². The Bertz CT molecular complexity index is 857. The number of ether oxygens (including phenoxy) is 2. The van der Waals surface area contributed by atoms with Crippen LogP contribution in [0.1, 0.15) is 16.1 Å². The van der Waals surface area contributed by atoms with E-state index in [0.717, 1.165) is 5.69 Å². The normalized spacial score (nSPS) is 26.2. The van der Waals surface area contributed by atoms with Crippen LogP contribution in [-0.4, -0.2) is 65.4 Å². The molecule has 2 atom stereocenters. The highest BCUT2D eigenvalue weighted by Gasteiger charge is 2.52. The van der Waals surface area contributed by atoms with Crippen molar-refractivity contribution in [3.05, 3.63) is 33.9 Å². The van der Waals surface area contributed by atoms with Gasteiger partial charge >= 0.3 is 0 Å². The molecule has 8 nitrogen and oxygen atoms in total. The van der Waals surface area contributed by atoms with Gasteiger partial charge in [0.1, 0.15) is 5.56 Å². The molecule has 0 spiro atoms. The molecule has 1 amide bonds. The van der Waals surface area contributed by atoms with Crippen molar-refractivity contribution in [1.82, 2.24) is 19.5 Å². The van der Waals surface area contributed by atoms with E-state index in [4.69, 9.17) is 9.47 Å². The molecule has 0 bridgehead atoms. The summed E-state index contributed by atoms with van der Waals surface area (Å²) >= 11 is 0. The lowest BCUT2D eigenvalue weighted by Crippen LogP contribution is -2.39. The summed E-state index contributed by atoms with van der Waals surface area (Å²) < 4.78 is 12.2. The number of aryl methyl sites for hydroxylation is 1. The van der Waals surface area contributed by atoms with Crippen molar-refractivity contribution >= 4 is 11.6 Å². The Kier molecular flexibility index (Phi) is 3.47. The first-order valence-electron chi connectivity index (χ1n) is 7.97. The van der Waals surface area contributed by atoms with Crippen LogP contribution < -0.4 is 5.56 Å². The summed E-state index contributed by atoms with van der Waals surface area (Å²) in [5.41, 5.74) is 0.879. The average molecular weight is 332 g/mol. The van der Waals surface area contributed by atoms with E-state index < -0.39 is 0 Å². The van der Waals surface area contributed by atoms with Gasteiger partial charge in [0.2, 0.25) is 0 Å². The first kappa shape index (κ1) is 15.3. The monoisotopic (exact) mass is 332 g/mol. The average Bonchev–Trinajstić information content (AvgIpc) is 3.19. The molecule has 2 saturated heterocycles. The summed E-state index contributed by atoms with van der Waals surface area (Å²) in [4.78, 5) is 31.4. The summed E-state index contributed by atoms with van der Waals surface area (Å²) in [5.74, 6) is -0.0346. The predicted octanol–water partition coefficient (Wildman–Crippen LogP) is 0.0660. The Morgan fingerprint density at radius 2 is 2.42 bits per heavy atom. The number of carbonyl (C=O) groups is 1. The minimum atomic E-state index is -0.368. The SMILES string of the molecule is COC[C@@]12COC[C@@H]1CN(C(=O)c1cnc3cc(C)[nH]n3c1=O)C2. The molecule has 0 unspecified atom stereocenters. The minimum Gasteiger partial charge on any atom is -0.384 e. The lowest BCUT2D eigenvalue weighted by Gasteiger charge is -2.25. The van der Waals surface area contributed by atoms with Gasteiger partial charge in [-0.2, -0.15) is 0 Å². The van der Waals surface area contributed by atoms with E-state index in [0.29, 0.717) is 38.6 Å². The second kappa shape index (κ2) is 5.42. The zero-order valence-electron chi connectivity index (χ0n) is 13.7. The van der Waals surface area contributed by atoms with Crippen molar-refractivity contribution in [2.45, 2.75) is 6.92 Å². The van der Waals surface area contributed by atoms with Gasteiger partial charge in [-0.05, 0) is 6.92 Å². The van der Waals surface area contributed by atoms with Crippen LogP contribution in [0.5, 0.6) is 0 Å². The standard InChI is InChI=1S/C16H20N4O4/c1-10-3-13-17-4-12(15(22)20(13)18-10)14(21)19-5-11-6-24-9-16(11,7-19)8-23-2/h3-4,11,18H,5-9H2,1-2H3/t11-,16-/m0/s1. The third kappa shape index (κ3) is 2.17. The van der Waals surface area contributed by atoms with Gasteiger partial charge in [-0.15, -0.1) is 0 Å². The number of likely N-dealkylation sites (tertiary alicyclic amines) is 1. The summed E-state index contributed by atoms with van der Waals surface area (Å²) in [7, 11) is 1.66. The molecule has 0 aliphatic carbocycles. The maximum absolute atomic E-state index is 12.9. The molecule has 2 aliphatic rings. The number of methoxy groups -OCH3 is 1. The third-order valence-corrected chi connectivity index (χ3v) is 5.09. The number of hydrogen-bond donors (Lipinski definition) is 1. The molecular formula is C16H20N4O4. The first-order chi connectivity index (χ1) is 11.5. The fourth-order valence-corrected chi connectivity index (χ4v) is 3.88. The summed E-state index contributed by atoms with van der Waals surface area (Å²) in [6, 6.07) is 1.76. The molecule has 0 radical (unpaired) electrons. The van der Waals surface area contributed by atoms with E-state index in [2.05, 4.69) is 10.1 Å². The van der Waals surface area contributed by atoms with Crippen LogP contribution in [0.4, 0.5) is 0 Å². The van der Waals surface area contributed by atoms with E-state index in [1.54, 1.807) is 18.1 Å². The van der Waals surface area contributed by atoms with Gasteiger partial charge < -0.3 is 14.4 Å². The van der Waals surface area contributed by atoms with Crippen LogP contribution >= 0.6 is 0 Å². The molecular weight excluding hydrogens is 312 g/mol. The highest BCUT2D eigenvalue weighted by atomic mass is 16.5. The minimum absolute atomic E-state index is 0.0859. The third-order valence-electron chi connectivity index (χ3n) is 5.09. The number of aromatic nitrogens is 3. The van der Waals surface area contributed by atoms with E-state index in [1.165, 1.54) is 10.7 Å². The molecule has 24 heavy (non-hydrogen) atoms. The van der Waals surface area contributed by atoms with Crippen LogP contribution in [0, 0.1) is 18.3 Å². The fourth-order valence-electron chi connectivity index (χ4n) is 3.88. The van der Waals surface area contributed by atoms with Crippen LogP contribution in [0.3, 0.4) is 0 Å². The number of nitrogens with one attached hydrogen (secondary N) is 1. The predicted molar refractivity (Wildman–Crippen MR) is 85.1 cm³/mol. The van der Waals surface area contributed by atoms with Crippen molar-refractivity contribution in [3.63, 3.8) is 0 Å². The molecule has 2 aromatic heterocycles. The van der Waals surface area contributed by atoms with Gasteiger partial charge in [-0.25, -0.2) is 9.50 Å². The second-order valence-corrected chi connectivity index (χ2v) is 6.80. The Morgan fingerprint density at radius 1 is 1.58 bits per heavy atom. The topological polar surface area (TPSA) is 88.9 Å². The molecule has 4 rings (SSSR count). The summed E-state index contributed by atoms with van der Waals surface area (Å²) in [6.45, 7) is 4.71. The van der Waals surface area contributed by atoms with Crippen molar-refractivity contribution in [2.75, 3.05) is 40.0 Å². The highest BCUT2D eigenvalue weighted by molar-refractivity contribution is 5.94. The molecule has 8 heteroatoms. The highest BCUT2D eigenvalue weighted by Crippen LogP contribution is 2.41. The largest absolute Gasteiger partial charge is 0.384 e. The number of H-pyrrole nitrogens is 1. The number of hydrogen-bond acceptors (Lipinski definition) is 5. The van der Waals surface area contributed by atoms with E-state index in [1.807, 2.05) is 6.92 Å². The van der Waals surface area contributed by atoms with E-state index >= 15 is 0 Å². The molecule has 2 aliphatic heterocycles. The molecule has 1 N–H and O–H groups in total. The van der Waals surface area contributed by atoms with Gasteiger partial charge in [-0.3, -0.25) is 14.7 Å². The Hall–Kier alpha value is -2.19. The second-order valence-electron chi connectivity index (χ2n) is 6.80. The first-order valence-corrected chi connectivity index (χ1v) is 7.97. The van der Waals surface area contributed by atoms with Crippen molar-refractivity contribution < 1.29 is 14.3 Å². The van der Waals surface area contributed by atoms with Crippen LogP contribution in [0.25, 0.3) is 5.65 Å². The van der Waals surface area contributed by atoms with Crippen molar-refractivity contribution in [2.24, 2.45) is 11.3 Å². The molecule has 0 aromatic carbocycles. The fraction of sp³-hybridized carbons (Fsp3) is 0.562. The summed E-state index contributed by atoms with van der Waals surface area (Å²) in [5, 5.41) is 2.91. The van der Waals surface area contributed by atoms with Gasteiger partial charge in [0.05, 0.1) is 19.8 Å². The lowest BCUT2D eigenvalue weighted by molar-refractivity contribution is 0.0488. The van der Waals surface area contributed by atoms with E-state index in [-0.39, 0.29) is 28.4 Å². The van der Waals surface area contributed by atoms with E-state index in [9.17, 15) is 9.59 Å². The van der Waals surface area contributed by atoms with Crippen LogP contribution in [0.2, 0.25) is 0 Å². The van der Waals surface area contributed by atoms with Crippen LogP contribution in [-0.2, 0) is 9.47 Å². The summed E-state index contributed by atoms with van der Waals surface area (Å²) in [6.07, 6.45) is 1.38. The lowest BCUT2D eigenvalue weighted by atomic mass is 9.82. The van der Waals surface area contributed by atoms with Gasteiger partial charge in [0.25, 0.3) is 11.5 Å². The zero-order valence-corrected chi connectivity index (χ0v) is 13.7. The number of amides is 1. The Labute approximate surface area is 138 Å². The number of rotatable bonds is 3. The quantitative estimate of drug-likeness (QED) is 0.859. The maximum atomic E-state index is 12.9. The maximum Gasteiger partial charge on any atom is 0.285 e. The number of aromatic amines is 1. The molecule has 128 valence electrons. The van der Waals surface area contributed by atoms with Gasteiger partial charge in [0.15, 0.2) is 5.65 Å². The molecule has 4 heterocycles. The van der Waals surface area contributed by atoms with Crippen molar-refractivity contribution in [3.8, 4) is 0 Å². The number of carbonyl (C=O) groups excluding carboxylic acids is 1. The number of fused-ring (bicyclic) bond motifs is 2. The molecule has 2 aromatic rings. The smallest absolute Gasteiger partial charge is 0.285 e.